The molecule has 102 valence electrons. The fraction of sp³-hybridized carbons (Fsp3) is 0.417. The standard InChI is InChI=1S/C12H15N3O4/c16-12(14-7-5-13-6-8-14)19-9-10-1-3-11(4-2-10)15(17)18/h1-4,13H,5-9H2. The van der Waals surface area contributed by atoms with Crippen LogP contribution in [-0.4, -0.2) is 42.1 Å². The van der Waals surface area contributed by atoms with Crippen molar-refractivity contribution in [3.05, 3.63) is 39.9 Å². The molecule has 1 saturated heterocycles. The molecule has 1 aromatic rings. The highest BCUT2D eigenvalue weighted by atomic mass is 16.6. The first-order valence-corrected chi connectivity index (χ1v) is 6.02. The van der Waals surface area contributed by atoms with Gasteiger partial charge in [-0.3, -0.25) is 10.1 Å². The van der Waals surface area contributed by atoms with Crippen LogP contribution in [0.25, 0.3) is 0 Å². The van der Waals surface area contributed by atoms with Crippen LogP contribution in [-0.2, 0) is 11.3 Å². The molecule has 0 spiro atoms. The Morgan fingerprint density at radius 3 is 2.53 bits per heavy atom. The van der Waals surface area contributed by atoms with Crippen molar-refractivity contribution in [1.29, 1.82) is 0 Å². The van der Waals surface area contributed by atoms with E-state index >= 15 is 0 Å². The van der Waals surface area contributed by atoms with Gasteiger partial charge in [0.1, 0.15) is 6.61 Å². The second kappa shape index (κ2) is 6.14. The Labute approximate surface area is 110 Å². The van der Waals surface area contributed by atoms with E-state index in [1.807, 2.05) is 0 Å². The van der Waals surface area contributed by atoms with E-state index in [-0.39, 0.29) is 18.4 Å². The minimum atomic E-state index is -0.462. The SMILES string of the molecule is O=C(OCc1ccc([N+](=O)[O-])cc1)N1CCNCC1. The van der Waals surface area contributed by atoms with E-state index < -0.39 is 4.92 Å². The van der Waals surface area contributed by atoms with Crippen molar-refractivity contribution in [1.82, 2.24) is 10.2 Å². The number of rotatable bonds is 3. The summed E-state index contributed by atoms with van der Waals surface area (Å²) in [5.74, 6) is 0. The number of amides is 1. The summed E-state index contributed by atoms with van der Waals surface area (Å²) in [7, 11) is 0. The Hall–Kier alpha value is -2.15. The molecule has 2 rings (SSSR count). The summed E-state index contributed by atoms with van der Waals surface area (Å²) < 4.78 is 5.16. The molecule has 0 aromatic heterocycles. The van der Waals surface area contributed by atoms with Gasteiger partial charge in [0.05, 0.1) is 4.92 Å². The number of hydrogen-bond acceptors (Lipinski definition) is 5. The van der Waals surface area contributed by atoms with Crippen LogP contribution in [0.4, 0.5) is 10.5 Å². The molecular formula is C12H15N3O4. The quantitative estimate of drug-likeness (QED) is 0.654. The summed E-state index contributed by atoms with van der Waals surface area (Å²) in [6.45, 7) is 2.94. The number of carbonyl (C=O) groups excluding carboxylic acids is 1. The van der Waals surface area contributed by atoms with Gasteiger partial charge in [0.2, 0.25) is 0 Å². The van der Waals surface area contributed by atoms with E-state index in [4.69, 9.17) is 4.74 Å². The fourth-order valence-electron chi connectivity index (χ4n) is 1.80. The summed E-state index contributed by atoms with van der Waals surface area (Å²) in [5, 5.41) is 13.6. The number of nitro groups is 1. The second-order valence-electron chi connectivity index (χ2n) is 4.22. The number of benzene rings is 1. The third-order valence-corrected chi connectivity index (χ3v) is 2.88. The predicted molar refractivity (Wildman–Crippen MR) is 67.7 cm³/mol. The topological polar surface area (TPSA) is 84.7 Å². The van der Waals surface area contributed by atoms with E-state index in [2.05, 4.69) is 5.32 Å². The van der Waals surface area contributed by atoms with Crippen LogP contribution in [0.5, 0.6) is 0 Å². The zero-order chi connectivity index (χ0) is 13.7. The van der Waals surface area contributed by atoms with Gasteiger partial charge >= 0.3 is 6.09 Å². The number of non-ortho nitro benzene ring substituents is 1. The van der Waals surface area contributed by atoms with E-state index in [1.165, 1.54) is 12.1 Å². The molecule has 1 aromatic carbocycles. The minimum absolute atomic E-state index is 0.0252. The van der Waals surface area contributed by atoms with Gasteiger partial charge in [-0.15, -0.1) is 0 Å². The number of carbonyl (C=O) groups is 1. The Morgan fingerprint density at radius 2 is 1.95 bits per heavy atom. The van der Waals surface area contributed by atoms with Gasteiger partial charge in [0, 0.05) is 38.3 Å². The van der Waals surface area contributed by atoms with Crippen molar-refractivity contribution in [3.8, 4) is 0 Å². The lowest BCUT2D eigenvalue weighted by atomic mass is 10.2. The monoisotopic (exact) mass is 265 g/mol. The molecule has 1 aliphatic rings. The number of hydrogen-bond donors (Lipinski definition) is 1. The molecule has 19 heavy (non-hydrogen) atoms. The van der Waals surface area contributed by atoms with Crippen molar-refractivity contribution in [2.75, 3.05) is 26.2 Å². The van der Waals surface area contributed by atoms with E-state index in [0.717, 1.165) is 18.7 Å². The first-order chi connectivity index (χ1) is 9.16. The number of piperazine rings is 1. The van der Waals surface area contributed by atoms with Crippen molar-refractivity contribution in [3.63, 3.8) is 0 Å². The van der Waals surface area contributed by atoms with Gasteiger partial charge in [0.15, 0.2) is 0 Å². The lowest BCUT2D eigenvalue weighted by Crippen LogP contribution is -2.46. The maximum Gasteiger partial charge on any atom is 0.410 e. The fourth-order valence-corrected chi connectivity index (χ4v) is 1.80. The number of nitrogens with zero attached hydrogens (tertiary/aromatic N) is 2. The highest BCUT2D eigenvalue weighted by molar-refractivity contribution is 5.67. The van der Waals surface area contributed by atoms with Crippen LogP contribution in [0.2, 0.25) is 0 Å². The molecule has 7 heteroatoms. The molecule has 7 nitrogen and oxygen atoms in total. The van der Waals surface area contributed by atoms with Gasteiger partial charge < -0.3 is 15.0 Å². The highest BCUT2D eigenvalue weighted by Crippen LogP contribution is 2.13. The van der Waals surface area contributed by atoms with E-state index in [0.29, 0.717) is 13.1 Å². The zero-order valence-corrected chi connectivity index (χ0v) is 10.4. The zero-order valence-electron chi connectivity index (χ0n) is 10.4. The molecule has 1 heterocycles. The molecule has 1 N–H and O–H groups in total. The smallest absolute Gasteiger partial charge is 0.410 e. The van der Waals surface area contributed by atoms with Gasteiger partial charge in [-0.2, -0.15) is 0 Å². The van der Waals surface area contributed by atoms with Crippen LogP contribution >= 0.6 is 0 Å². The number of ether oxygens (including phenoxy) is 1. The Kier molecular flexibility index (Phi) is 4.30. The van der Waals surface area contributed by atoms with Gasteiger partial charge in [0.25, 0.3) is 5.69 Å². The molecular weight excluding hydrogens is 250 g/mol. The Morgan fingerprint density at radius 1 is 1.32 bits per heavy atom. The molecule has 0 bridgehead atoms. The van der Waals surface area contributed by atoms with Gasteiger partial charge in [-0.25, -0.2) is 4.79 Å². The molecule has 0 unspecified atom stereocenters. The normalized spacial score (nSPS) is 15.1. The molecule has 0 radical (unpaired) electrons. The average molecular weight is 265 g/mol. The third kappa shape index (κ3) is 3.65. The third-order valence-electron chi connectivity index (χ3n) is 2.88. The van der Waals surface area contributed by atoms with Crippen molar-refractivity contribution >= 4 is 11.8 Å². The summed E-state index contributed by atoms with van der Waals surface area (Å²) in [4.78, 5) is 23.4. The maximum absolute atomic E-state index is 11.7. The second-order valence-corrected chi connectivity index (χ2v) is 4.22. The van der Waals surface area contributed by atoms with E-state index in [1.54, 1.807) is 17.0 Å². The molecule has 1 amide bonds. The number of nitrogens with one attached hydrogen (secondary N) is 1. The Balaban J connectivity index is 1.84. The predicted octanol–water partition coefficient (Wildman–Crippen LogP) is 1.14. The Bertz CT molecular complexity index is 455. The van der Waals surface area contributed by atoms with Crippen molar-refractivity contribution in [2.45, 2.75) is 6.61 Å². The molecule has 0 atom stereocenters. The van der Waals surface area contributed by atoms with Crippen LogP contribution in [0.3, 0.4) is 0 Å². The molecule has 0 aliphatic carbocycles. The summed E-state index contributed by atoms with van der Waals surface area (Å²) in [5.41, 5.74) is 0.756. The minimum Gasteiger partial charge on any atom is -0.445 e. The lowest BCUT2D eigenvalue weighted by Gasteiger charge is -2.26. The molecule has 1 aliphatic heterocycles. The van der Waals surface area contributed by atoms with Gasteiger partial charge in [-0.05, 0) is 17.7 Å². The summed E-state index contributed by atoms with van der Waals surface area (Å²) in [6, 6.07) is 5.97. The van der Waals surface area contributed by atoms with Crippen molar-refractivity contribution < 1.29 is 14.5 Å². The number of nitro benzene ring substituents is 1. The largest absolute Gasteiger partial charge is 0.445 e. The molecule has 0 saturated carbocycles. The van der Waals surface area contributed by atoms with Crippen LogP contribution in [0.1, 0.15) is 5.56 Å². The lowest BCUT2D eigenvalue weighted by molar-refractivity contribution is -0.384. The summed E-state index contributed by atoms with van der Waals surface area (Å²) in [6.07, 6.45) is -0.347. The first kappa shape index (κ1) is 13.3. The maximum atomic E-state index is 11.7. The summed E-state index contributed by atoms with van der Waals surface area (Å²) >= 11 is 0. The van der Waals surface area contributed by atoms with Crippen molar-refractivity contribution in [2.24, 2.45) is 0 Å². The van der Waals surface area contributed by atoms with Crippen LogP contribution in [0, 0.1) is 10.1 Å². The van der Waals surface area contributed by atoms with Crippen LogP contribution in [0.15, 0.2) is 24.3 Å². The molecule has 1 fully saturated rings. The first-order valence-electron chi connectivity index (χ1n) is 6.02. The van der Waals surface area contributed by atoms with Crippen LogP contribution < -0.4 is 5.32 Å². The average Bonchev–Trinajstić information content (AvgIpc) is 2.46. The van der Waals surface area contributed by atoms with E-state index in [9.17, 15) is 14.9 Å². The van der Waals surface area contributed by atoms with Gasteiger partial charge in [-0.1, -0.05) is 0 Å². The highest BCUT2D eigenvalue weighted by Gasteiger charge is 2.17.